The molecule has 0 saturated carbocycles. The monoisotopic (exact) mass is 375 g/mol. The molecule has 4 N–H and O–H groups in total. The second-order valence-electron chi connectivity index (χ2n) is 6.58. The Kier molecular flexibility index (Phi) is 5.71. The van der Waals surface area contributed by atoms with Gasteiger partial charge in [0.1, 0.15) is 5.71 Å². The Morgan fingerprint density at radius 1 is 1.11 bits per heavy atom. The first-order valence-electron chi connectivity index (χ1n) is 8.59. The molecule has 2 heterocycles. The number of rotatable bonds is 6. The molecule has 0 unspecified atom stereocenters. The van der Waals surface area contributed by atoms with Gasteiger partial charge in [-0.2, -0.15) is 10.2 Å². The second kappa shape index (κ2) is 8.36. The first-order chi connectivity index (χ1) is 13.4. The number of hydrogen-bond acceptors (Lipinski definition) is 7. The maximum atomic E-state index is 12.4. The SMILES string of the molecule is CN(C)Cc1cncc(-c2ccc(N)c(C(=N)C(=O)Nc3ccnnc3)c2)c1. The minimum absolute atomic E-state index is 0.228. The van der Waals surface area contributed by atoms with Crippen molar-refractivity contribution in [3.05, 3.63) is 66.2 Å². The van der Waals surface area contributed by atoms with E-state index in [1.54, 1.807) is 24.4 Å². The van der Waals surface area contributed by atoms with E-state index in [9.17, 15) is 4.79 Å². The zero-order chi connectivity index (χ0) is 20.1. The lowest BCUT2D eigenvalue weighted by Gasteiger charge is -2.12. The van der Waals surface area contributed by atoms with E-state index in [0.29, 0.717) is 16.9 Å². The molecule has 8 nitrogen and oxygen atoms in total. The molecule has 0 aliphatic carbocycles. The van der Waals surface area contributed by atoms with E-state index >= 15 is 0 Å². The van der Waals surface area contributed by atoms with Gasteiger partial charge in [0.2, 0.25) is 0 Å². The smallest absolute Gasteiger partial charge is 0.274 e. The van der Waals surface area contributed by atoms with Crippen LogP contribution in [-0.4, -0.2) is 45.8 Å². The molecule has 8 heteroatoms. The first-order valence-corrected chi connectivity index (χ1v) is 8.59. The van der Waals surface area contributed by atoms with Gasteiger partial charge in [-0.1, -0.05) is 6.07 Å². The average molecular weight is 375 g/mol. The van der Waals surface area contributed by atoms with E-state index < -0.39 is 5.91 Å². The maximum Gasteiger partial charge on any atom is 0.274 e. The van der Waals surface area contributed by atoms with Crippen molar-refractivity contribution in [2.24, 2.45) is 0 Å². The topological polar surface area (TPSA) is 121 Å². The first kappa shape index (κ1) is 19.1. The van der Waals surface area contributed by atoms with Crippen molar-refractivity contribution >= 4 is 23.0 Å². The van der Waals surface area contributed by atoms with Crippen molar-refractivity contribution in [3.63, 3.8) is 0 Å². The van der Waals surface area contributed by atoms with Crippen molar-refractivity contribution < 1.29 is 4.79 Å². The van der Waals surface area contributed by atoms with Crippen LogP contribution in [0.4, 0.5) is 11.4 Å². The van der Waals surface area contributed by atoms with Crippen LogP contribution in [0.3, 0.4) is 0 Å². The molecule has 1 amide bonds. The van der Waals surface area contributed by atoms with Crippen LogP contribution >= 0.6 is 0 Å². The van der Waals surface area contributed by atoms with Crippen LogP contribution < -0.4 is 11.1 Å². The van der Waals surface area contributed by atoms with Gasteiger partial charge in [-0.3, -0.25) is 15.2 Å². The Balaban J connectivity index is 1.87. The second-order valence-corrected chi connectivity index (χ2v) is 6.58. The van der Waals surface area contributed by atoms with Crippen LogP contribution in [0, 0.1) is 5.41 Å². The lowest BCUT2D eigenvalue weighted by molar-refractivity contribution is -0.110. The van der Waals surface area contributed by atoms with E-state index in [1.807, 2.05) is 32.4 Å². The molecule has 2 aromatic heterocycles. The molecular formula is C20H21N7O. The summed E-state index contributed by atoms with van der Waals surface area (Å²) in [5.74, 6) is -0.573. The summed E-state index contributed by atoms with van der Waals surface area (Å²) in [4.78, 5) is 18.8. The molecule has 0 fully saturated rings. The summed E-state index contributed by atoms with van der Waals surface area (Å²) in [6, 6.07) is 8.92. The fraction of sp³-hybridized carbons (Fsp3) is 0.150. The number of nitrogens with zero attached hydrogens (tertiary/aromatic N) is 4. The van der Waals surface area contributed by atoms with Crippen LogP contribution in [0.2, 0.25) is 0 Å². The molecule has 142 valence electrons. The fourth-order valence-electron chi connectivity index (χ4n) is 2.73. The summed E-state index contributed by atoms with van der Waals surface area (Å²) in [6.07, 6.45) is 6.44. The quantitative estimate of drug-likeness (QED) is 0.449. The number of benzene rings is 1. The maximum absolute atomic E-state index is 12.4. The molecule has 3 aromatic rings. The molecule has 0 aliphatic heterocycles. The lowest BCUT2D eigenvalue weighted by Crippen LogP contribution is -2.24. The number of carbonyl (C=O) groups excluding carboxylic acids is 1. The Hall–Kier alpha value is -3.65. The normalized spacial score (nSPS) is 10.7. The van der Waals surface area contributed by atoms with Gasteiger partial charge in [0.25, 0.3) is 5.91 Å². The molecule has 0 aliphatic rings. The van der Waals surface area contributed by atoms with Crippen LogP contribution in [0.5, 0.6) is 0 Å². The number of pyridine rings is 1. The van der Waals surface area contributed by atoms with Crippen molar-refractivity contribution in [1.29, 1.82) is 5.41 Å². The van der Waals surface area contributed by atoms with Crippen molar-refractivity contribution in [1.82, 2.24) is 20.1 Å². The fourth-order valence-corrected chi connectivity index (χ4v) is 2.73. The summed E-state index contributed by atoms with van der Waals surface area (Å²) in [7, 11) is 3.98. The van der Waals surface area contributed by atoms with Gasteiger partial charge in [0.15, 0.2) is 0 Å². The van der Waals surface area contributed by atoms with Crippen LogP contribution in [0.1, 0.15) is 11.1 Å². The third-order valence-corrected chi connectivity index (χ3v) is 4.02. The third-order valence-electron chi connectivity index (χ3n) is 4.02. The highest BCUT2D eigenvalue weighted by Crippen LogP contribution is 2.25. The molecule has 0 saturated heterocycles. The van der Waals surface area contributed by atoms with E-state index in [4.69, 9.17) is 11.1 Å². The number of carbonyl (C=O) groups is 1. The molecule has 1 aromatic carbocycles. The van der Waals surface area contributed by atoms with E-state index in [2.05, 4.69) is 25.4 Å². The number of nitrogen functional groups attached to an aromatic ring is 1. The van der Waals surface area contributed by atoms with Crippen molar-refractivity contribution in [3.8, 4) is 11.1 Å². The number of amides is 1. The molecule has 0 radical (unpaired) electrons. The Labute approximate surface area is 162 Å². The molecule has 0 spiro atoms. The van der Waals surface area contributed by atoms with Crippen molar-refractivity contribution in [2.45, 2.75) is 6.54 Å². The van der Waals surface area contributed by atoms with Crippen LogP contribution in [0.25, 0.3) is 11.1 Å². The lowest BCUT2D eigenvalue weighted by atomic mass is 9.99. The number of anilines is 2. The predicted molar refractivity (Wildman–Crippen MR) is 109 cm³/mol. The summed E-state index contributed by atoms with van der Waals surface area (Å²) in [6.45, 7) is 0.765. The van der Waals surface area contributed by atoms with Gasteiger partial charge < -0.3 is 16.0 Å². The van der Waals surface area contributed by atoms with Gasteiger partial charge in [-0.15, -0.1) is 0 Å². The van der Waals surface area contributed by atoms with E-state index in [1.165, 1.54) is 12.4 Å². The van der Waals surface area contributed by atoms with Gasteiger partial charge in [-0.25, -0.2) is 0 Å². The Morgan fingerprint density at radius 2 is 1.93 bits per heavy atom. The Morgan fingerprint density at radius 3 is 2.64 bits per heavy atom. The van der Waals surface area contributed by atoms with Gasteiger partial charge in [0.05, 0.1) is 18.1 Å². The predicted octanol–water partition coefficient (Wildman–Crippen LogP) is 2.19. The van der Waals surface area contributed by atoms with E-state index in [0.717, 1.165) is 23.2 Å². The highest BCUT2D eigenvalue weighted by molar-refractivity contribution is 6.48. The average Bonchev–Trinajstić information content (AvgIpc) is 2.68. The van der Waals surface area contributed by atoms with Gasteiger partial charge >= 0.3 is 0 Å². The minimum Gasteiger partial charge on any atom is -0.398 e. The van der Waals surface area contributed by atoms with Crippen molar-refractivity contribution in [2.75, 3.05) is 25.1 Å². The van der Waals surface area contributed by atoms with Crippen LogP contribution in [-0.2, 0) is 11.3 Å². The van der Waals surface area contributed by atoms with E-state index in [-0.39, 0.29) is 5.71 Å². The molecule has 0 bridgehead atoms. The standard InChI is InChI=1S/C20H21N7O/c1-27(2)12-13-7-15(10-23-9-13)14-3-4-18(21)17(8-14)19(22)20(28)26-16-5-6-24-25-11-16/h3-11,22H,12,21H2,1-2H3,(H,24,26,28). The summed E-state index contributed by atoms with van der Waals surface area (Å²) < 4.78 is 0. The number of nitrogens with two attached hydrogens (primary N) is 1. The number of aromatic nitrogens is 3. The van der Waals surface area contributed by atoms with Crippen LogP contribution in [0.15, 0.2) is 55.1 Å². The number of nitrogens with one attached hydrogen (secondary N) is 2. The summed E-state index contributed by atoms with van der Waals surface area (Å²) in [5, 5.41) is 18.2. The Bertz CT molecular complexity index is 1000. The molecule has 3 rings (SSSR count). The molecule has 0 atom stereocenters. The summed E-state index contributed by atoms with van der Waals surface area (Å²) in [5.41, 5.74) is 9.77. The summed E-state index contributed by atoms with van der Waals surface area (Å²) >= 11 is 0. The zero-order valence-electron chi connectivity index (χ0n) is 15.7. The van der Waals surface area contributed by atoms with Gasteiger partial charge in [0, 0.05) is 35.8 Å². The van der Waals surface area contributed by atoms with Gasteiger partial charge in [-0.05, 0) is 49.5 Å². The highest BCUT2D eigenvalue weighted by atomic mass is 16.1. The zero-order valence-corrected chi connectivity index (χ0v) is 15.7. The highest BCUT2D eigenvalue weighted by Gasteiger charge is 2.16. The number of hydrogen-bond donors (Lipinski definition) is 3. The molecular weight excluding hydrogens is 354 g/mol. The molecule has 28 heavy (non-hydrogen) atoms. The third kappa shape index (κ3) is 4.54. The minimum atomic E-state index is -0.573. The largest absolute Gasteiger partial charge is 0.398 e.